The van der Waals surface area contributed by atoms with Crippen molar-refractivity contribution >= 4 is 6.03 Å². The zero-order valence-corrected chi connectivity index (χ0v) is 14.8. The van der Waals surface area contributed by atoms with Crippen molar-refractivity contribution in [3.05, 3.63) is 47.0 Å². The van der Waals surface area contributed by atoms with Gasteiger partial charge in [-0.15, -0.1) is 0 Å². The summed E-state index contributed by atoms with van der Waals surface area (Å²) in [7, 11) is 1.93. The third-order valence-electron chi connectivity index (χ3n) is 5.23. The van der Waals surface area contributed by atoms with Gasteiger partial charge in [0.2, 0.25) is 0 Å². The summed E-state index contributed by atoms with van der Waals surface area (Å²) in [5, 5.41) is 10.4. The van der Waals surface area contributed by atoms with Crippen LogP contribution in [0.1, 0.15) is 54.6 Å². The average molecular weight is 358 g/mol. The standard InChI is InChI=1S/C19H23FN4O2/c1-24-17-6-2-4-16(14(17)11-21-24)23-19(25)22-15-5-3-9-26-18-8-7-12(20)10-13(15)18/h7-8,10-11,15-16H,2-6,9H2,1H3,(H2,22,23,25)/t15-,16-/m0/s1. The molecule has 0 bridgehead atoms. The van der Waals surface area contributed by atoms with E-state index in [1.165, 1.54) is 17.8 Å². The molecule has 2 atom stereocenters. The molecule has 2 aromatic rings. The highest BCUT2D eigenvalue weighted by Gasteiger charge is 2.27. The van der Waals surface area contributed by atoms with E-state index in [0.717, 1.165) is 31.2 Å². The summed E-state index contributed by atoms with van der Waals surface area (Å²) < 4.78 is 21.2. The van der Waals surface area contributed by atoms with Crippen molar-refractivity contribution in [3.63, 3.8) is 0 Å². The molecule has 2 heterocycles. The molecule has 2 aliphatic rings. The molecule has 0 unspecified atom stereocenters. The summed E-state index contributed by atoms with van der Waals surface area (Å²) in [5.74, 6) is 0.315. The van der Waals surface area contributed by atoms with Crippen LogP contribution < -0.4 is 15.4 Å². The fourth-order valence-corrected chi connectivity index (χ4v) is 3.91. The molecule has 1 aliphatic carbocycles. The number of hydrogen-bond donors (Lipinski definition) is 2. The molecule has 1 aromatic carbocycles. The number of hydrogen-bond acceptors (Lipinski definition) is 3. The number of nitrogens with one attached hydrogen (secondary N) is 2. The fraction of sp³-hybridized carbons (Fsp3) is 0.474. The molecule has 1 aromatic heterocycles. The lowest BCUT2D eigenvalue weighted by Crippen LogP contribution is -2.40. The number of rotatable bonds is 2. The van der Waals surface area contributed by atoms with Crippen LogP contribution in [0.3, 0.4) is 0 Å². The van der Waals surface area contributed by atoms with E-state index in [1.807, 2.05) is 17.9 Å². The highest BCUT2D eigenvalue weighted by atomic mass is 19.1. The topological polar surface area (TPSA) is 68.2 Å². The predicted molar refractivity (Wildman–Crippen MR) is 94.4 cm³/mol. The number of halogens is 1. The lowest BCUT2D eigenvalue weighted by atomic mass is 9.93. The first-order valence-electron chi connectivity index (χ1n) is 9.12. The van der Waals surface area contributed by atoms with E-state index in [1.54, 1.807) is 6.07 Å². The summed E-state index contributed by atoms with van der Waals surface area (Å²) in [6, 6.07) is 3.92. The van der Waals surface area contributed by atoms with Crippen LogP contribution in [-0.4, -0.2) is 22.4 Å². The summed E-state index contributed by atoms with van der Waals surface area (Å²) in [6.07, 6.45) is 6.25. The number of urea groups is 1. The van der Waals surface area contributed by atoms with Gasteiger partial charge in [-0.2, -0.15) is 5.10 Å². The summed E-state index contributed by atoms with van der Waals surface area (Å²) in [4.78, 5) is 12.6. The van der Waals surface area contributed by atoms with Gasteiger partial charge in [-0.3, -0.25) is 4.68 Å². The molecule has 0 spiro atoms. The molecule has 4 rings (SSSR count). The van der Waals surface area contributed by atoms with Crippen LogP contribution in [0.5, 0.6) is 5.75 Å². The van der Waals surface area contributed by atoms with E-state index in [9.17, 15) is 9.18 Å². The molecule has 0 fully saturated rings. The third kappa shape index (κ3) is 3.25. The van der Waals surface area contributed by atoms with Crippen LogP contribution in [0.4, 0.5) is 9.18 Å². The molecule has 1 aliphatic heterocycles. The van der Waals surface area contributed by atoms with Crippen molar-refractivity contribution in [2.45, 2.75) is 44.2 Å². The number of amides is 2. The third-order valence-corrected chi connectivity index (χ3v) is 5.23. The van der Waals surface area contributed by atoms with Gasteiger partial charge < -0.3 is 15.4 Å². The van der Waals surface area contributed by atoms with Gasteiger partial charge >= 0.3 is 6.03 Å². The first kappa shape index (κ1) is 16.9. The molecular formula is C19H23FN4O2. The molecule has 0 saturated heterocycles. The van der Waals surface area contributed by atoms with E-state index in [2.05, 4.69) is 15.7 Å². The first-order valence-corrected chi connectivity index (χ1v) is 9.12. The largest absolute Gasteiger partial charge is 0.493 e. The number of carbonyl (C=O) groups is 1. The molecule has 138 valence electrons. The second-order valence-corrected chi connectivity index (χ2v) is 6.96. The Morgan fingerprint density at radius 1 is 1.23 bits per heavy atom. The number of ether oxygens (including phenoxy) is 1. The maximum atomic E-state index is 13.7. The van der Waals surface area contributed by atoms with Gasteiger partial charge in [-0.25, -0.2) is 9.18 Å². The second kappa shape index (κ2) is 6.97. The maximum absolute atomic E-state index is 13.7. The molecule has 2 amide bonds. The SMILES string of the molecule is Cn1ncc2c1CCC[C@@H]2NC(=O)N[C@H]1CCCOc2ccc(F)cc21. The predicted octanol–water partition coefficient (Wildman–Crippen LogP) is 3.15. The van der Waals surface area contributed by atoms with Gasteiger partial charge in [0.1, 0.15) is 11.6 Å². The van der Waals surface area contributed by atoms with Crippen molar-refractivity contribution in [3.8, 4) is 5.75 Å². The van der Waals surface area contributed by atoms with Crippen LogP contribution in [0.25, 0.3) is 0 Å². The molecule has 26 heavy (non-hydrogen) atoms. The minimum absolute atomic E-state index is 0.0403. The Balaban J connectivity index is 1.48. The lowest BCUT2D eigenvalue weighted by molar-refractivity contribution is 0.230. The average Bonchev–Trinajstić information content (AvgIpc) is 2.89. The van der Waals surface area contributed by atoms with E-state index in [0.29, 0.717) is 24.3 Å². The molecule has 0 saturated carbocycles. The zero-order chi connectivity index (χ0) is 18.1. The number of carbonyl (C=O) groups excluding carboxylic acids is 1. The van der Waals surface area contributed by atoms with Crippen molar-refractivity contribution < 1.29 is 13.9 Å². The van der Waals surface area contributed by atoms with Gasteiger partial charge in [-0.1, -0.05) is 0 Å². The monoisotopic (exact) mass is 358 g/mol. The highest BCUT2D eigenvalue weighted by Crippen LogP contribution is 2.33. The van der Waals surface area contributed by atoms with Crippen molar-refractivity contribution in [1.29, 1.82) is 0 Å². The normalized spacial score (nSPS) is 21.8. The Kier molecular flexibility index (Phi) is 4.53. The zero-order valence-electron chi connectivity index (χ0n) is 14.8. The number of nitrogens with zero attached hydrogens (tertiary/aromatic N) is 2. The van der Waals surface area contributed by atoms with Gasteiger partial charge in [-0.05, 0) is 50.3 Å². The molecule has 0 radical (unpaired) electrons. The molecular weight excluding hydrogens is 335 g/mol. The van der Waals surface area contributed by atoms with E-state index in [-0.39, 0.29) is 23.9 Å². The van der Waals surface area contributed by atoms with Gasteiger partial charge in [0.05, 0.1) is 24.9 Å². The Morgan fingerprint density at radius 2 is 2.00 bits per heavy atom. The Morgan fingerprint density at radius 3 is 2.85 bits per heavy atom. The maximum Gasteiger partial charge on any atom is 0.315 e. The summed E-state index contributed by atoms with van der Waals surface area (Å²) in [6.45, 7) is 0.570. The van der Waals surface area contributed by atoms with Gasteiger partial charge in [0.25, 0.3) is 0 Å². The second-order valence-electron chi connectivity index (χ2n) is 6.96. The minimum Gasteiger partial charge on any atom is -0.493 e. The molecule has 6 nitrogen and oxygen atoms in total. The van der Waals surface area contributed by atoms with Crippen molar-refractivity contribution in [1.82, 2.24) is 20.4 Å². The van der Waals surface area contributed by atoms with Crippen LogP contribution in [0.2, 0.25) is 0 Å². The lowest BCUT2D eigenvalue weighted by Gasteiger charge is -2.25. The number of aryl methyl sites for hydroxylation is 1. The summed E-state index contributed by atoms with van der Waals surface area (Å²) >= 11 is 0. The van der Waals surface area contributed by atoms with Gasteiger partial charge in [0.15, 0.2) is 0 Å². The molecule has 7 heteroatoms. The van der Waals surface area contributed by atoms with E-state index in [4.69, 9.17) is 4.74 Å². The van der Waals surface area contributed by atoms with Crippen molar-refractivity contribution in [2.24, 2.45) is 7.05 Å². The van der Waals surface area contributed by atoms with Crippen molar-refractivity contribution in [2.75, 3.05) is 6.61 Å². The minimum atomic E-state index is -0.325. The Bertz CT molecular complexity index is 820. The highest BCUT2D eigenvalue weighted by molar-refractivity contribution is 5.75. The Labute approximate surface area is 151 Å². The van der Waals surface area contributed by atoms with Gasteiger partial charge in [0, 0.05) is 23.9 Å². The summed E-state index contributed by atoms with van der Waals surface area (Å²) in [5.41, 5.74) is 2.96. The van der Waals surface area contributed by atoms with Crippen LogP contribution in [0, 0.1) is 5.82 Å². The molecule has 2 N–H and O–H groups in total. The van der Waals surface area contributed by atoms with Crippen LogP contribution in [0.15, 0.2) is 24.4 Å². The fourth-order valence-electron chi connectivity index (χ4n) is 3.91. The Hall–Kier alpha value is -2.57. The van der Waals surface area contributed by atoms with Crippen LogP contribution in [-0.2, 0) is 13.5 Å². The number of benzene rings is 1. The number of aromatic nitrogens is 2. The smallest absolute Gasteiger partial charge is 0.315 e. The van der Waals surface area contributed by atoms with E-state index >= 15 is 0 Å². The first-order chi connectivity index (χ1) is 12.6. The van der Waals surface area contributed by atoms with E-state index < -0.39 is 0 Å². The van der Waals surface area contributed by atoms with Crippen LogP contribution >= 0.6 is 0 Å². The quantitative estimate of drug-likeness (QED) is 0.867. The number of fused-ring (bicyclic) bond motifs is 2.